The van der Waals surface area contributed by atoms with E-state index in [1.165, 1.54) is 5.56 Å². The third-order valence-corrected chi connectivity index (χ3v) is 3.59. The van der Waals surface area contributed by atoms with Crippen molar-refractivity contribution < 1.29 is 9.53 Å². The first kappa shape index (κ1) is 13.3. The lowest BCUT2D eigenvalue weighted by molar-refractivity contribution is -0.119. The number of hydrogen-bond acceptors (Lipinski definition) is 2. The Kier molecular flexibility index (Phi) is 4.54. The minimum absolute atomic E-state index is 0.336. The molecule has 0 aromatic heterocycles. The van der Waals surface area contributed by atoms with Crippen molar-refractivity contribution in [3.63, 3.8) is 0 Å². The molecule has 98 valence electrons. The summed E-state index contributed by atoms with van der Waals surface area (Å²) in [5.74, 6) is 1.33. The molecule has 1 unspecified atom stereocenters. The number of benzene rings is 1. The van der Waals surface area contributed by atoms with Crippen LogP contribution in [0.3, 0.4) is 0 Å². The first-order chi connectivity index (χ1) is 8.65. The summed E-state index contributed by atoms with van der Waals surface area (Å²) in [6, 6.07) is 8.43. The average Bonchev–Trinajstić information content (AvgIpc) is 2.82. The number of ketones is 1. The fourth-order valence-electron chi connectivity index (χ4n) is 2.39. The van der Waals surface area contributed by atoms with Crippen molar-refractivity contribution >= 4 is 5.78 Å². The Morgan fingerprint density at radius 1 is 1.33 bits per heavy atom. The van der Waals surface area contributed by atoms with E-state index in [4.69, 9.17) is 4.74 Å². The first-order valence-corrected chi connectivity index (χ1v) is 6.83. The zero-order chi connectivity index (χ0) is 13.0. The maximum Gasteiger partial charge on any atom is 0.137 e. The van der Waals surface area contributed by atoms with Crippen LogP contribution in [0.1, 0.15) is 43.7 Å². The molecule has 0 radical (unpaired) electrons. The molecule has 1 aliphatic rings. The lowest BCUT2D eigenvalue weighted by Crippen LogP contribution is -2.10. The van der Waals surface area contributed by atoms with Crippen molar-refractivity contribution in [2.45, 2.75) is 39.0 Å². The molecule has 18 heavy (non-hydrogen) atoms. The zero-order valence-corrected chi connectivity index (χ0v) is 11.3. The van der Waals surface area contributed by atoms with Crippen molar-refractivity contribution in [2.24, 2.45) is 5.92 Å². The highest BCUT2D eigenvalue weighted by Gasteiger charge is 2.19. The van der Waals surface area contributed by atoms with Crippen LogP contribution >= 0.6 is 0 Å². The van der Waals surface area contributed by atoms with Gasteiger partial charge in [0.05, 0.1) is 0 Å². The summed E-state index contributed by atoms with van der Waals surface area (Å²) in [6.07, 6.45) is 2.28. The zero-order valence-electron chi connectivity index (χ0n) is 11.3. The monoisotopic (exact) mass is 246 g/mol. The van der Waals surface area contributed by atoms with Gasteiger partial charge < -0.3 is 4.74 Å². The lowest BCUT2D eigenvalue weighted by atomic mass is 9.96. The van der Waals surface area contributed by atoms with Gasteiger partial charge >= 0.3 is 0 Å². The molecule has 1 heterocycles. The van der Waals surface area contributed by atoms with Gasteiger partial charge in [-0.15, -0.1) is 0 Å². The molecule has 1 fully saturated rings. The van der Waals surface area contributed by atoms with Crippen LogP contribution in [0.2, 0.25) is 0 Å². The van der Waals surface area contributed by atoms with Gasteiger partial charge in [0.1, 0.15) is 5.78 Å². The second-order valence-corrected chi connectivity index (χ2v) is 5.55. The van der Waals surface area contributed by atoms with Gasteiger partial charge in [-0.1, -0.05) is 38.1 Å². The minimum atomic E-state index is 0.336. The van der Waals surface area contributed by atoms with E-state index in [2.05, 4.69) is 38.1 Å². The fourth-order valence-corrected chi connectivity index (χ4v) is 2.39. The second kappa shape index (κ2) is 6.14. The topological polar surface area (TPSA) is 26.3 Å². The highest BCUT2D eigenvalue weighted by molar-refractivity contribution is 5.81. The Hall–Kier alpha value is -1.15. The van der Waals surface area contributed by atoms with E-state index in [-0.39, 0.29) is 0 Å². The van der Waals surface area contributed by atoms with Crippen LogP contribution in [0.4, 0.5) is 0 Å². The molecule has 0 saturated carbocycles. The molecule has 1 atom stereocenters. The smallest absolute Gasteiger partial charge is 0.137 e. The van der Waals surface area contributed by atoms with E-state index < -0.39 is 0 Å². The number of carbonyl (C=O) groups excluding carboxylic acids is 1. The van der Waals surface area contributed by atoms with E-state index in [1.54, 1.807) is 0 Å². The standard InChI is InChI=1S/C16H22O2/c1-12(2)15-5-3-13(4-6-15)9-16(17)10-14-7-8-18-11-14/h3-6,12,14H,7-11H2,1-2H3. The predicted molar refractivity (Wildman–Crippen MR) is 72.8 cm³/mol. The lowest BCUT2D eigenvalue weighted by Gasteiger charge is -2.08. The van der Waals surface area contributed by atoms with Crippen LogP contribution in [0.15, 0.2) is 24.3 Å². The minimum Gasteiger partial charge on any atom is -0.381 e. The van der Waals surface area contributed by atoms with E-state index in [9.17, 15) is 4.79 Å². The summed E-state index contributed by atoms with van der Waals surface area (Å²) in [6.45, 7) is 5.94. The van der Waals surface area contributed by atoms with Crippen molar-refractivity contribution in [1.82, 2.24) is 0 Å². The van der Waals surface area contributed by atoms with Crippen molar-refractivity contribution in [3.05, 3.63) is 35.4 Å². The largest absolute Gasteiger partial charge is 0.381 e. The van der Waals surface area contributed by atoms with Gasteiger partial charge in [-0.2, -0.15) is 0 Å². The number of rotatable bonds is 5. The Morgan fingerprint density at radius 2 is 2.06 bits per heavy atom. The van der Waals surface area contributed by atoms with Crippen LogP contribution in [0, 0.1) is 5.92 Å². The van der Waals surface area contributed by atoms with Gasteiger partial charge in [-0.3, -0.25) is 4.79 Å². The van der Waals surface area contributed by atoms with Crippen LogP contribution in [-0.2, 0) is 16.0 Å². The molecule has 0 N–H and O–H groups in total. The van der Waals surface area contributed by atoms with Gasteiger partial charge in [-0.25, -0.2) is 0 Å². The van der Waals surface area contributed by atoms with Crippen molar-refractivity contribution in [2.75, 3.05) is 13.2 Å². The van der Waals surface area contributed by atoms with Crippen LogP contribution in [0.5, 0.6) is 0 Å². The third-order valence-electron chi connectivity index (χ3n) is 3.59. The summed E-state index contributed by atoms with van der Waals surface area (Å²) in [7, 11) is 0. The molecule has 0 amide bonds. The molecule has 0 bridgehead atoms. The van der Waals surface area contributed by atoms with Gasteiger partial charge in [-0.05, 0) is 29.4 Å². The van der Waals surface area contributed by atoms with E-state index in [0.717, 1.165) is 25.2 Å². The molecular weight excluding hydrogens is 224 g/mol. The van der Waals surface area contributed by atoms with Crippen LogP contribution in [-0.4, -0.2) is 19.0 Å². The highest BCUT2D eigenvalue weighted by atomic mass is 16.5. The average molecular weight is 246 g/mol. The number of Topliss-reactive ketones (excluding diaryl/α,β-unsaturated/α-hetero) is 1. The number of carbonyl (C=O) groups is 1. The maximum absolute atomic E-state index is 11.9. The summed E-state index contributed by atoms with van der Waals surface area (Å²) in [5, 5.41) is 0. The summed E-state index contributed by atoms with van der Waals surface area (Å²) in [4.78, 5) is 11.9. The molecule has 1 aromatic carbocycles. The van der Waals surface area contributed by atoms with Gasteiger partial charge in [0.25, 0.3) is 0 Å². The van der Waals surface area contributed by atoms with Gasteiger partial charge in [0, 0.05) is 26.1 Å². The molecule has 2 nitrogen and oxygen atoms in total. The molecular formula is C16H22O2. The molecule has 1 aliphatic heterocycles. The Morgan fingerprint density at radius 3 is 2.61 bits per heavy atom. The highest BCUT2D eigenvalue weighted by Crippen LogP contribution is 2.19. The van der Waals surface area contributed by atoms with E-state index in [0.29, 0.717) is 30.5 Å². The Balaban J connectivity index is 1.86. The summed E-state index contributed by atoms with van der Waals surface area (Å²) in [5.41, 5.74) is 2.46. The van der Waals surface area contributed by atoms with Crippen molar-refractivity contribution in [3.8, 4) is 0 Å². The second-order valence-electron chi connectivity index (χ2n) is 5.55. The number of ether oxygens (including phenoxy) is 1. The molecule has 0 spiro atoms. The van der Waals surface area contributed by atoms with Crippen LogP contribution < -0.4 is 0 Å². The molecule has 2 rings (SSSR count). The predicted octanol–water partition coefficient (Wildman–Crippen LogP) is 3.35. The number of hydrogen-bond donors (Lipinski definition) is 0. The maximum atomic E-state index is 11.9. The third kappa shape index (κ3) is 3.67. The van der Waals surface area contributed by atoms with Crippen molar-refractivity contribution in [1.29, 1.82) is 0 Å². The van der Waals surface area contributed by atoms with E-state index in [1.807, 2.05) is 0 Å². The normalized spacial score (nSPS) is 19.4. The fraction of sp³-hybridized carbons (Fsp3) is 0.562. The van der Waals surface area contributed by atoms with Gasteiger partial charge in [0.2, 0.25) is 0 Å². The van der Waals surface area contributed by atoms with Gasteiger partial charge in [0.15, 0.2) is 0 Å². The molecule has 1 saturated heterocycles. The quantitative estimate of drug-likeness (QED) is 0.796. The SMILES string of the molecule is CC(C)c1ccc(CC(=O)CC2CCOC2)cc1. The summed E-state index contributed by atoms with van der Waals surface area (Å²) >= 11 is 0. The molecule has 1 aromatic rings. The molecule has 0 aliphatic carbocycles. The van der Waals surface area contributed by atoms with Crippen LogP contribution in [0.25, 0.3) is 0 Å². The summed E-state index contributed by atoms with van der Waals surface area (Å²) < 4.78 is 5.30. The Bertz CT molecular complexity index is 386. The Labute approximate surface area is 109 Å². The van der Waals surface area contributed by atoms with E-state index >= 15 is 0 Å². The first-order valence-electron chi connectivity index (χ1n) is 6.83. The molecule has 2 heteroatoms.